The van der Waals surface area contributed by atoms with Crippen LogP contribution < -0.4 is 5.73 Å². The number of hydrogen-bond donors (Lipinski definition) is 1. The first-order valence-electron chi connectivity index (χ1n) is 8.62. The number of ether oxygens (including phenoxy) is 1. The Kier molecular flexibility index (Phi) is 5.44. The number of hydrogen-bond acceptors (Lipinski definition) is 6. The molecule has 0 saturated carbocycles. The highest BCUT2D eigenvalue weighted by Crippen LogP contribution is 2.55. The number of primary amides is 1. The third-order valence-corrected chi connectivity index (χ3v) is 6.22. The molecule has 1 aromatic carbocycles. The molecule has 2 aliphatic heterocycles. The van der Waals surface area contributed by atoms with Gasteiger partial charge < -0.3 is 15.4 Å². The molecule has 7 nitrogen and oxygen atoms in total. The fourth-order valence-electron chi connectivity index (χ4n) is 4.12. The van der Waals surface area contributed by atoms with Gasteiger partial charge in [-0.3, -0.25) is 14.4 Å². The normalized spacial score (nSPS) is 27.6. The molecule has 3 rings (SSSR count). The summed E-state index contributed by atoms with van der Waals surface area (Å²) in [6.07, 6.45) is 4.49. The predicted octanol–water partition coefficient (Wildman–Crippen LogP) is 2.34. The fourth-order valence-corrected chi connectivity index (χ4v) is 4.54. The minimum atomic E-state index is -1.85. The maximum absolute atomic E-state index is 13.0. The Balaban J connectivity index is 2.36. The first-order valence-corrected chi connectivity index (χ1v) is 9.37. The van der Waals surface area contributed by atoms with Gasteiger partial charge in [-0.15, -0.1) is 0 Å². The minimum Gasteiger partial charge on any atom is -0.468 e. The van der Waals surface area contributed by atoms with Gasteiger partial charge in [0, 0.05) is 17.7 Å². The molecule has 4 atom stereocenters. The van der Waals surface area contributed by atoms with Crippen molar-refractivity contribution in [1.29, 1.82) is 5.26 Å². The van der Waals surface area contributed by atoms with Crippen LogP contribution >= 0.6 is 23.2 Å². The smallest absolute Gasteiger partial charge is 0.329 e. The van der Waals surface area contributed by atoms with Crippen molar-refractivity contribution in [3.63, 3.8) is 0 Å². The second-order valence-electron chi connectivity index (χ2n) is 6.83. The maximum atomic E-state index is 13.0. The van der Waals surface area contributed by atoms with Crippen LogP contribution in [0.15, 0.2) is 42.1 Å². The third-order valence-electron chi connectivity index (χ3n) is 5.38. The average Bonchev–Trinajstić information content (AvgIpc) is 2.99. The summed E-state index contributed by atoms with van der Waals surface area (Å²) in [6.45, 7) is 1.37. The lowest BCUT2D eigenvalue weighted by Crippen LogP contribution is -2.45. The Hall–Kier alpha value is -2.82. The number of carbonyl (C=O) groups excluding carboxylic acids is 3. The van der Waals surface area contributed by atoms with E-state index in [2.05, 4.69) is 6.07 Å². The molecule has 0 radical (unpaired) electrons. The number of nitrogens with two attached hydrogens (primary N) is 1. The number of ketones is 1. The van der Waals surface area contributed by atoms with Crippen molar-refractivity contribution in [2.75, 3.05) is 7.11 Å². The molecule has 1 saturated heterocycles. The Labute approximate surface area is 177 Å². The van der Waals surface area contributed by atoms with Crippen LogP contribution in [0.5, 0.6) is 0 Å². The molecule has 2 aliphatic rings. The lowest BCUT2D eigenvalue weighted by molar-refractivity contribution is -0.150. The SMILES string of the molecule is COC(=O)[C@@]1(C#N)[C@H](c2cccc(Cl)c2Cl)[C@@H](C(N)=O)N2C=C(C(C)=O)C=C[C@@H]21. The zero-order valence-corrected chi connectivity index (χ0v) is 17.1. The zero-order chi connectivity index (χ0) is 21.5. The molecule has 0 aliphatic carbocycles. The van der Waals surface area contributed by atoms with E-state index in [4.69, 9.17) is 33.7 Å². The number of halogens is 2. The quantitative estimate of drug-likeness (QED) is 0.728. The van der Waals surface area contributed by atoms with Crippen molar-refractivity contribution in [1.82, 2.24) is 4.90 Å². The van der Waals surface area contributed by atoms with E-state index in [9.17, 15) is 19.6 Å². The van der Waals surface area contributed by atoms with Crippen LogP contribution in [0.2, 0.25) is 10.0 Å². The largest absolute Gasteiger partial charge is 0.468 e. The molecular formula is C20H17Cl2N3O4. The minimum absolute atomic E-state index is 0.105. The number of methoxy groups -OCH3 is 1. The van der Waals surface area contributed by atoms with Gasteiger partial charge in [-0.25, -0.2) is 0 Å². The number of fused-ring (bicyclic) bond motifs is 1. The van der Waals surface area contributed by atoms with E-state index in [-0.39, 0.29) is 15.8 Å². The van der Waals surface area contributed by atoms with Crippen LogP contribution in [-0.2, 0) is 19.1 Å². The number of amides is 1. The summed E-state index contributed by atoms with van der Waals surface area (Å²) in [5.74, 6) is -2.95. The number of nitriles is 1. The lowest BCUT2D eigenvalue weighted by atomic mass is 9.68. The third kappa shape index (κ3) is 3.00. The summed E-state index contributed by atoms with van der Waals surface area (Å²) in [5.41, 5.74) is 4.48. The Bertz CT molecular complexity index is 1010. The second kappa shape index (κ2) is 7.54. The molecule has 0 unspecified atom stereocenters. The topological polar surface area (TPSA) is 113 Å². The molecule has 0 bridgehead atoms. The van der Waals surface area contributed by atoms with Gasteiger partial charge in [-0.2, -0.15) is 5.26 Å². The van der Waals surface area contributed by atoms with E-state index in [0.717, 1.165) is 7.11 Å². The van der Waals surface area contributed by atoms with E-state index in [1.165, 1.54) is 30.2 Å². The summed E-state index contributed by atoms with van der Waals surface area (Å²) in [6, 6.07) is 4.75. The summed E-state index contributed by atoms with van der Waals surface area (Å²) in [5, 5.41) is 10.5. The lowest BCUT2D eigenvalue weighted by Gasteiger charge is -2.32. The first kappa shape index (κ1) is 20.9. The predicted molar refractivity (Wildman–Crippen MR) is 106 cm³/mol. The van der Waals surface area contributed by atoms with Crippen LogP contribution in [0.4, 0.5) is 0 Å². The summed E-state index contributed by atoms with van der Waals surface area (Å²) >= 11 is 12.6. The number of carbonyl (C=O) groups is 3. The fraction of sp³-hybridized carbons (Fsp3) is 0.300. The molecule has 2 heterocycles. The van der Waals surface area contributed by atoms with Gasteiger partial charge >= 0.3 is 5.97 Å². The Morgan fingerprint density at radius 3 is 2.55 bits per heavy atom. The summed E-state index contributed by atoms with van der Waals surface area (Å²) in [7, 11) is 1.16. The summed E-state index contributed by atoms with van der Waals surface area (Å²) < 4.78 is 4.96. The number of rotatable bonds is 4. The molecule has 9 heteroatoms. The molecule has 29 heavy (non-hydrogen) atoms. The van der Waals surface area contributed by atoms with Gasteiger partial charge in [0.15, 0.2) is 11.2 Å². The molecule has 2 N–H and O–H groups in total. The molecule has 0 spiro atoms. The standard InChI is InChI=1S/C20H17Cl2N3O4/c1-10(26)11-6-7-14-20(9-23,19(28)29-2)15(17(18(24)27)25(14)8-11)12-4-3-5-13(21)16(12)22/h3-8,14-15,17H,1-2H3,(H2,24,27)/t14-,15-,17+,20-/m1/s1. The van der Waals surface area contributed by atoms with Crippen molar-refractivity contribution >= 4 is 40.9 Å². The molecule has 0 aromatic heterocycles. The van der Waals surface area contributed by atoms with Gasteiger partial charge in [0.25, 0.3) is 0 Å². The summed E-state index contributed by atoms with van der Waals surface area (Å²) in [4.78, 5) is 38.8. The Morgan fingerprint density at radius 2 is 2.00 bits per heavy atom. The molecular weight excluding hydrogens is 417 g/mol. The highest BCUT2D eigenvalue weighted by atomic mass is 35.5. The van der Waals surface area contributed by atoms with E-state index in [1.807, 2.05) is 0 Å². The number of benzene rings is 1. The first-order chi connectivity index (χ1) is 13.7. The zero-order valence-electron chi connectivity index (χ0n) is 15.6. The number of esters is 1. The van der Waals surface area contributed by atoms with Gasteiger partial charge in [0.2, 0.25) is 5.91 Å². The number of Topliss-reactive ketones (excluding diaryl/α,β-unsaturated/α-hetero) is 1. The van der Waals surface area contributed by atoms with Crippen molar-refractivity contribution in [2.45, 2.75) is 24.9 Å². The van der Waals surface area contributed by atoms with E-state index < -0.39 is 35.3 Å². The Morgan fingerprint density at radius 1 is 1.31 bits per heavy atom. The van der Waals surface area contributed by atoms with Crippen LogP contribution in [0, 0.1) is 16.7 Å². The van der Waals surface area contributed by atoms with E-state index in [1.54, 1.807) is 18.2 Å². The van der Waals surface area contributed by atoms with Crippen LogP contribution in [0.25, 0.3) is 0 Å². The maximum Gasteiger partial charge on any atom is 0.329 e. The second-order valence-corrected chi connectivity index (χ2v) is 7.62. The van der Waals surface area contributed by atoms with Gasteiger partial charge in [0.05, 0.1) is 29.3 Å². The highest BCUT2D eigenvalue weighted by molar-refractivity contribution is 6.42. The highest BCUT2D eigenvalue weighted by Gasteiger charge is 2.66. The molecule has 1 aromatic rings. The number of allylic oxidation sites excluding steroid dienone is 2. The van der Waals surface area contributed by atoms with Crippen LogP contribution in [0.3, 0.4) is 0 Å². The van der Waals surface area contributed by atoms with Gasteiger partial charge in [0.1, 0.15) is 6.04 Å². The van der Waals surface area contributed by atoms with Crippen molar-refractivity contribution < 1.29 is 19.1 Å². The molecule has 1 amide bonds. The van der Waals surface area contributed by atoms with Crippen LogP contribution in [0.1, 0.15) is 18.4 Å². The number of nitrogens with zero attached hydrogens (tertiary/aromatic N) is 2. The van der Waals surface area contributed by atoms with E-state index >= 15 is 0 Å². The average molecular weight is 434 g/mol. The monoisotopic (exact) mass is 433 g/mol. The molecule has 150 valence electrons. The van der Waals surface area contributed by atoms with Crippen molar-refractivity contribution in [2.24, 2.45) is 11.1 Å². The van der Waals surface area contributed by atoms with Gasteiger partial charge in [-0.05, 0) is 18.6 Å². The van der Waals surface area contributed by atoms with Crippen LogP contribution in [-0.4, -0.2) is 41.8 Å². The van der Waals surface area contributed by atoms with Gasteiger partial charge in [-0.1, -0.05) is 47.5 Å². The van der Waals surface area contributed by atoms with Crippen molar-refractivity contribution in [3.05, 3.63) is 57.7 Å². The van der Waals surface area contributed by atoms with E-state index in [0.29, 0.717) is 11.1 Å². The molecule has 1 fully saturated rings. The van der Waals surface area contributed by atoms with Crippen molar-refractivity contribution in [3.8, 4) is 6.07 Å².